The second-order valence-electron chi connectivity index (χ2n) is 4.00. The number of benzene rings is 2. The van der Waals surface area contributed by atoms with Crippen LogP contribution in [0.1, 0.15) is 15.9 Å². The van der Waals surface area contributed by atoms with Crippen LogP contribution in [-0.2, 0) is 0 Å². The molecule has 2 N–H and O–H groups in total. The smallest absolute Gasteiger partial charge is 0.199 e. The van der Waals surface area contributed by atoms with Crippen molar-refractivity contribution in [2.24, 2.45) is 0 Å². The summed E-state index contributed by atoms with van der Waals surface area (Å²) in [6.07, 6.45) is 0. The fraction of sp³-hybridized carbons (Fsp3) is 0.0714. The summed E-state index contributed by atoms with van der Waals surface area (Å²) in [6, 6.07) is 6.09. The van der Waals surface area contributed by atoms with Gasteiger partial charge < -0.3 is 10.5 Å². The van der Waals surface area contributed by atoms with Crippen LogP contribution in [0.5, 0.6) is 5.75 Å². The number of hydrogen-bond donors (Lipinski definition) is 1. The normalized spacial score (nSPS) is 10.4. The van der Waals surface area contributed by atoms with Crippen LogP contribution < -0.4 is 10.5 Å². The van der Waals surface area contributed by atoms with E-state index < -0.39 is 23.0 Å². The largest absolute Gasteiger partial charge is 0.495 e. The first-order valence-electron chi connectivity index (χ1n) is 5.57. The molecule has 0 saturated carbocycles. The molecule has 3 nitrogen and oxygen atoms in total. The highest BCUT2D eigenvalue weighted by Gasteiger charge is 2.21. The maximum Gasteiger partial charge on any atom is 0.199 e. The molecule has 0 unspecified atom stereocenters. The summed E-state index contributed by atoms with van der Waals surface area (Å²) in [6.45, 7) is 0. The standard InChI is InChI=1S/C14H10ClF2NO2/c1-20-11-5-2-7(6-8(11)15)14(19)12-9(16)3-4-10(18)13(12)17/h2-6H,18H2,1H3. The van der Waals surface area contributed by atoms with Gasteiger partial charge in [-0.05, 0) is 30.3 Å². The van der Waals surface area contributed by atoms with Crippen molar-refractivity contribution in [3.63, 3.8) is 0 Å². The molecule has 0 aliphatic rings. The van der Waals surface area contributed by atoms with Gasteiger partial charge in [0.1, 0.15) is 11.6 Å². The fourth-order valence-electron chi connectivity index (χ4n) is 1.73. The molecule has 0 saturated heterocycles. The molecule has 0 spiro atoms. The number of nitrogens with two attached hydrogens (primary N) is 1. The highest BCUT2D eigenvalue weighted by atomic mass is 35.5. The number of hydrogen-bond acceptors (Lipinski definition) is 3. The lowest BCUT2D eigenvalue weighted by Gasteiger charge is -2.08. The average molecular weight is 298 g/mol. The summed E-state index contributed by atoms with van der Waals surface area (Å²) in [7, 11) is 1.42. The number of halogens is 3. The quantitative estimate of drug-likeness (QED) is 0.697. The van der Waals surface area contributed by atoms with E-state index in [9.17, 15) is 13.6 Å². The molecular weight excluding hydrogens is 288 g/mol. The zero-order valence-electron chi connectivity index (χ0n) is 10.4. The minimum absolute atomic E-state index is 0.0409. The molecule has 0 amide bonds. The van der Waals surface area contributed by atoms with E-state index >= 15 is 0 Å². The number of ketones is 1. The Kier molecular flexibility index (Phi) is 3.90. The number of carbonyl (C=O) groups excluding carboxylic acids is 1. The number of methoxy groups -OCH3 is 1. The van der Waals surface area contributed by atoms with E-state index in [4.69, 9.17) is 22.1 Å². The molecule has 2 aromatic carbocycles. The third-order valence-corrected chi connectivity index (χ3v) is 3.06. The second kappa shape index (κ2) is 5.46. The fourth-order valence-corrected chi connectivity index (χ4v) is 1.99. The van der Waals surface area contributed by atoms with Gasteiger partial charge in [0, 0.05) is 5.56 Å². The van der Waals surface area contributed by atoms with E-state index in [-0.39, 0.29) is 16.3 Å². The molecule has 0 atom stereocenters. The van der Waals surface area contributed by atoms with Gasteiger partial charge >= 0.3 is 0 Å². The Morgan fingerprint density at radius 3 is 2.55 bits per heavy atom. The van der Waals surface area contributed by atoms with Crippen LogP contribution in [0.25, 0.3) is 0 Å². The first-order valence-corrected chi connectivity index (χ1v) is 5.95. The minimum atomic E-state index is -1.08. The van der Waals surface area contributed by atoms with E-state index in [0.29, 0.717) is 5.75 Å². The van der Waals surface area contributed by atoms with Crippen LogP contribution in [0.3, 0.4) is 0 Å². The zero-order chi connectivity index (χ0) is 14.9. The molecule has 0 fully saturated rings. The summed E-state index contributed by atoms with van der Waals surface area (Å²) < 4.78 is 32.4. The van der Waals surface area contributed by atoms with Gasteiger partial charge in [0.05, 0.1) is 23.4 Å². The molecule has 0 heterocycles. The van der Waals surface area contributed by atoms with Gasteiger partial charge in [0.15, 0.2) is 11.6 Å². The number of anilines is 1. The lowest BCUT2D eigenvalue weighted by Crippen LogP contribution is -2.09. The number of ether oxygens (including phenoxy) is 1. The van der Waals surface area contributed by atoms with Crippen LogP contribution in [0, 0.1) is 11.6 Å². The summed E-state index contributed by atoms with van der Waals surface area (Å²) in [5.41, 5.74) is 4.38. The molecule has 0 bridgehead atoms. The molecule has 6 heteroatoms. The molecule has 0 radical (unpaired) electrons. The van der Waals surface area contributed by atoms with Crippen LogP contribution >= 0.6 is 11.6 Å². The van der Waals surface area contributed by atoms with Crippen molar-refractivity contribution in [2.75, 3.05) is 12.8 Å². The molecule has 0 aliphatic carbocycles. The van der Waals surface area contributed by atoms with Crippen LogP contribution in [-0.4, -0.2) is 12.9 Å². The lowest BCUT2D eigenvalue weighted by molar-refractivity contribution is 0.103. The Morgan fingerprint density at radius 1 is 1.25 bits per heavy atom. The van der Waals surface area contributed by atoms with Crippen molar-refractivity contribution in [1.29, 1.82) is 0 Å². The van der Waals surface area contributed by atoms with Crippen LogP contribution in [0.4, 0.5) is 14.5 Å². The molecule has 2 rings (SSSR count). The molecule has 2 aromatic rings. The van der Waals surface area contributed by atoms with Crippen LogP contribution in [0.2, 0.25) is 5.02 Å². The van der Waals surface area contributed by atoms with Gasteiger partial charge in [-0.25, -0.2) is 8.78 Å². The maximum atomic E-state index is 13.8. The van der Waals surface area contributed by atoms with Gasteiger partial charge in [-0.15, -0.1) is 0 Å². The molecule has 0 aliphatic heterocycles. The molecule has 20 heavy (non-hydrogen) atoms. The molecular formula is C14H10ClF2NO2. The first-order chi connectivity index (χ1) is 9.45. The van der Waals surface area contributed by atoms with Gasteiger partial charge in [-0.1, -0.05) is 11.6 Å². The summed E-state index contributed by atoms with van der Waals surface area (Å²) in [5, 5.41) is 0.170. The monoisotopic (exact) mass is 297 g/mol. The van der Waals surface area contributed by atoms with Gasteiger partial charge in [-0.2, -0.15) is 0 Å². The van der Waals surface area contributed by atoms with Gasteiger partial charge in [-0.3, -0.25) is 4.79 Å². The van der Waals surface area contributed by atoms with E-state index in [0.717, 1.165) is 12.1 Å². The Labute approximate surface area is 118 Å². The first kappa shape index (κ1) is 14.3. The van der Waals surface area contributed by atoms with E-state index in [2.05, 4.69) is 0 Å². The number of nitrogen functional groups attached to an aromatic ring is 1. The Hall–Kier alpha value is -2.14. The summed E-state index contributed by atoms with van der Waals surface area (Å²) in [4.78, 5) is 12.2. The van der Waals surface area contributed by atoms with Gasteiger partial charge in [0.2, 0.25) is 0 Å². The molecule has 104 valence electrons. The maximum absolute atomic E-state index is 13.8. The van der Waals surface area contributed by atoms with Crippen molar-refractivity contribution in [2.45, 2.75) is 0 Å². The third kappa shape index (κ3) is 2.44. The van der Waals surface area contributed by atoms with Crippen molar-refractivity contribution in [3.8, 4) is 5.75 Å². The van der Waals surface area contributed by atoms with Crippen molar-refractivity contribution in [1.82, 2.24) is 0 Å². The summed E-state index contributed by atoms with van der Waals surface area (Å²) >= 11 is 5.88. The SMILES string of the molecule is COc1ccc(C(=O)c2c(F)ccc(N)c2F)cc1Cl. The van der Waals surface area contributed by atoms with Crippen molar-refractivity contribution >= 4 is 23.1 Å². The van der Waals surface area contributed by atoms with Crippen LogP contribution in [0.15, 0.2) is 30.3 Å². The topological polar surface area (TPSA) is 52.3 Å². The second-order valence-corrected chi connectivity index (χ2v) is 4.41. The predicted molar refractivity (Wildman–Crippen MR) is 72.2 cm³/mol. The summed E-state index contributed by atoms with van der Waals surface area (Å²) in [5.74, 6) is -2.54. The Balaban J connectivity index is 2.52. The average Bonchev–Trinajstić information content (AvgIpc) is 2.43. The zero-order valence-corrected chi connectivity index (χ0v) is 11.2. The third-order valence-electron chi connectivity index (χ3n) is 2.76. The lowest BCUT2D eigenvalue weighted by atomic mass is 10.0. The van der Waals surface area contributed by atoms with E-state index in [1.54, 1.807) is 0 Å². The van der Waals surface area contributed by atoms with Crippen molar-refractivity contribution < 1.29 is 18.3 Å². The predicted octanol–water partition coefficient (Wildman–Crippen LogP) is 3.44. The minimum Gasteiger partial charge on any atom is -0.495 e. The van der Waals surface area contributed by atoms with Gasteiger partial charge in [0.25, 0.3) is 0 Å². The Bertz CT molecular complexity index is 689. The van der Waals surface area contributed by atoms with E-state index in [1.165, 1.54) is 25.3 Å². The van der Waals surface area contributed by atoms with E-state index in [1.807, 2.05) is 0 Å². The number of carbonyl (C=O) groups is 1. The highest BCUT2D eigenvalue weighted by molar-refractivity contribution is 6.32. The number of rotatable bonds is 3. The van der Waals surface area contributed by atoms with Crippen molar-refractivity contribution in [3.05, 3.63) is 58.1 Å². The Morgan fingerprint density at radius 2 is 1.95 bits per heavy atom. The molecule has 0 aromatic heterocycles. The highest BCUT2D eigenvalue weighted by Crippen LogP contribution is 2.28.